The Morgan fingerprint density at radius 1 is 0.935 bits per heavy atom. The third kappa shape index (κ3) is 4.53. The van der Waals surface area contributed by atoms with Crippen molar-refractivity contribution in [2.45, 2.75) is 12.3 Å². The van der Waals surface area contributed by atoms with Gasteiger partial charge in [0.2, 0.25) is 0 Å². The number of rotatable bonds is 7. The molecule has 0 saturated carbocycles. The fourth-order valence-electron chi connectivity index (χ4n) is 4.07. The molecule has 158 valence electrons. The highest BCUT2D eigenvalue weighted by atomic mass is 16.5. The van der Waals surface area contributed by atoms with Gasteiger partial charge in [-0.3, -0.25) is 4.79 Å². The largest absolute Gasteiger partial charge is 0.508 e. The monoisotopic (exact) mass is 417 g/mol. The van der Waals surface area contributed by atoms with Crippen LogP contribution in [-0.4, -0.2) is 35.4 Å². The number of hydrogen-bond acceptors (Lipinski definition) is 4. The van der Waals surface area contributed by atoms with Crippen molar-refractivity contribution in [1.82, 2.24) is 5.32 Å². The van der Waals surface area contributed by atoms with E-state index < -0.39 is 18.0 Å². The highest BCUT2D eigenvalue weighted by molar-refractivity contribution is 5.79. The van der Waals surface area contributed by atoms with Crippen LogP contribution in [0.15, 0.2) is 72.8 Å². The Labute approximate surface area is 180 Å². The quantitative estimate of drug-likeness (QED) is 0.536. The molecule has 1 aliphatic carbocycles. The summed E-state index contributed by atoms with van der Waals surface area (Å²) >= 11 is 0. The zero-order valence-electron chi connectivity index (χ0n) is 16.8. The number of fused-ring (bicyclic) bond motifs is 3. The molecule has 3 N–H and O–H groups in total. The lowest BCUT2D eigenvalue weighted by molar-refractivity contribution is -0.141. The second-order valence-corrected chi connectivity index (χ2v) is 7.62. The SMILES string of the molecule is O=C(NCC(Cc1cccc(O)c1)C(=O)O)OCC1c2ccccc2-c2ccccc21. The Morgan fingerprint density at radius 2 is 1.58 bits per heavy atom. The number of alkyl carbamates (subject to hydrolysis) is 1. The molecule has 1 aliphatic rings. The van der Waals surface area contributed by atoms with Crippen molar-refractivity contribution in [1.29, 1.82) is 0 Å². The summed E-state index contributed by atoms with van der Waals surface area (Å²) in [4.78, 5) is 23.9. The molecule has 1 amide bonds. The van der Waals surface area contributed by atoms with Gasteiger partial charge in [-0.25, -0.2) is 4.79 Å². The molecule has 1 atom stereocenters. The topological polar surface area (TPSA) is 95.9 Å². The summed E-state index contributed by atoms with van der Waals surface area (Å²) in [6.07, 6.45) is -0.461. The second-order valence-electron chi connectivity index (χ2n) is 7.62. The second kappa shape index (κ2) is 8.92. The molecule has 1 unspecified atom stereocenters. The Hall–Kier alpha value is -3.80. The number of carboxylic acid groups (broad SMARTS) is 1. The number of hydrogen-bond donors (Lipinski definition) is 3. The van der Waals surface area contributed by atoms with Crippen molar-refractivity contribution in [2.24, 2.45) is 5.92 Å². The number of aromatic hydroxyl groups is 1. The van der Waals surface area contributed by atoms with Gasteiger partial charge in [0.1, 0.15) is 12.4 Å². The maximum absolute atomic E-state index is 12.3. The van der Waals surface area contributed by atoms with Gasteiger partial charge in [0.05, 0.1) is 5.92 Å². The number of phenols is 1. The highest BCUT2D eigenvalue weighted by Gasteiger charge is 2.29. The van der Waals surface area contributed by atoms with E-state index >= 15 is 0 Å². The number of amides is 1. The third-order valence-corrected chi connectivity index (χ3v) is 5.58. The Morgan fingerprint density at radius 3 is 2.19 bits per heavy atom. The number of carbonyl (C=O) groups excluding carboxylic acids is 1. The predicted octanol–water partition coefficient (Wildman–Crippen LogP) is 4.17. The van der Waals surface area contributed by atoms with Crippen LogP contribution in [0.1, 0.15) is 22.6 Å². The average Bonchev–Trinajstić information content (AvgIpc) is 3.09. The molecule has 0 heterocycles. The molecule has 3 aromatic carbocycles. The first-order valence-corrected chi connectivity index (χ1v) is 10.1. The number of carboxylic acids is 1. The molecule has 3 aromatic rings. The van der Waals surface area contributed by atoms with E-state index in [9.17, 15) is 19.8 Å². The van der Waals surface area contributed by atoms with E-state index in [1.54, 1.807) is 12.1 Å². The zero-order valence-corrected chi connectivity index (χ0v) is 16.8. The molecular weight excluding hydrogens is 394 g/mol. The first kappa shape index (κ1) is 20.5. The van der Waals surface area contributed by atoms with E-state index in [0.29, 0.717) is 5.56 Å². The van der Waals surface area contributed by atoms with E-state index in [2.05, 4.69) is 17.4 Å². The van der Waals surface area contributed by atoms with Crippen LogP contribution in [0.25, 0.3) is 11.1 Å². The molecule has 31 heavy (non-hydrogen) atoms. The van der Waals surface area contributed by atoms with Crippen LogP contribution < -0.4 is 5.32 Å². The van der Waals surface area contributed by atoms with Crippen LogP contribution in [0.3, 0.4) is 0 Å². The fraction of sp³-hybridized carbons (Fsp3) is 0.200. The molecule has 0 bridgehead atoms. The van der Waals surface area contributed by atoms with Crippen LogP contribution in [0, 0.1) is 5.92 Å². The van der Waals surface area contributed by atoms with Gasteiger partial charge in [-0.2, -0.15) is 0 Å². The maximum Gasteiger partial charge on any atom is 0.407 e. The van der Waals surface area contributed by atoms with Gasteiger partial charge < -0.3 is 20.3 Å². The van der Waals surface area contributed by atoms with Crippen LogP contribution in [-0.2, 0) is 16.0 Å². The van der Waals surface area contributed by atoms with Gasteiger partial charge in [-0.05, 0) is 46.4 Å². The van der Waals surface area contributed by atoms with Gasteiger partial charge in [-0.15, -0.1) is 0 Å². The summed E-state index contributed by atoms with van der Waals surface area (Å²) in [6, 6.07) is 22.6. The van der Waals surface area contributed by atoms with Gasteiger partial charge in [0.15, 0.2) is 0 Å². The molecular formula is C25H23NO5. The van der Waals surface area contributed by atoms with Crippen molar-refractivity contribution in [2.75, 3.05) is 13.2 Å². The summed E-state index contributed by atoms with van der Waals surface area (Å²) in [6.45, 7) is 0.103. The van der Waals surface area contributed by atoms with Crippen molar-refractivity contribution in [3.63, 3.8) is 0 Å². The van der Waals surface area contributed by atoms with E-state index in [1.807, 2.05) is 36.4 Å². The summed E-state index contributed by atoms with van der Waals surface area (Å²) < 4.78 is 5.46. The Kier molecular flexibility index (Phi) is 5.89. The zero-order chi connectivity index (χ0) is 21.8. The average molecular weight is 417 g/mol. The van der Waals surface area contributed by atoms with E-state index in [1.165, 1.54) is 12.1 Å². The number of carbonyl (C=O) groups is 2. The highest BCUT2D eigenvalue weighted by Crippen LogP contribution is 2.44. The first-order chi connectivity index (χ1) is 15.0. The lowest BCUT2D eigenvalue weighted by Gasteiger charge is -2.16. The molecule has 6 heteroatoms. The molecule has 0 saturated heterocycles. The molecule has 0 aliphatic heterocycles. The van der Waals surface area contributed by atoms with E-state index in [4.69, 9.17) is 4.74 Å². The lowest BCUT2D eigenvalue weighted by Crippen LogP contribution is -2.35. The minimum Gasteiger partial charge on any atom is -0.508 e. The summed E-state index contributed by atoms with van der Waals surface area (Å²) in [5.41, 5.74) is 5.20. The van der Waals surface area contributed by atoms with Gasteiger partial charge in [-0.1, -0.05) is 60.7 Å². The van der Waals surface area contributed by atoms with Crippen LogP contribution in [0.5, 0.6) is 5.75 Å². The smallest absolute Gasteiger partial charge is 0.407 e. The number of benzene rings is 3. The molecule has 0 aromatic heterocycles. The van der Waals surface area contributed by atoms with Crippen molar-refractivity contribution >= 4 is 12.1 Å². The Balaban J connectivity index is 1.36. The molecule has 6 nitrogen and oxygen atoms in total. The molecule has 4 rings (SSSR count). The van der Waals surface area contributed by atoms with Crippen LogP contribution in [0.2, 0.25) is 0 Å². The summed E-state index contributed by atoms with van der Waals surface area (Å²) in [5.74, 6) is -1.84. The summed E-state index contributed by atoms with van der Waals surface area (Å²) in [5, 5.41) is 21.6. The van der Waals surface area contributed by atoms with Crippen LogP contribution >= 0.6 is 0 Å². The van der Waals surface area contributed by atoms with Crippen molar-refractivity contribution in [3.8, 4) is 16.9 Å². The molecule has 0 spiro atoms. The summed E-state index contributed by atoms with van der Waals surface area (Å²) in [7, 11) is 0. The number of aliphatic carboxylic acids is 1. The van der Waals surface area contributed by atoms with Gasteiger partial charge in [0.25, 0.3) is 0 Å². The minimum atomic E-state index is -1.03. The fourth-order valence-corrected chi connectivity index (χ4v) is 4.07. The van der Waals surface area contributed by atoms with Crippen LogP contribution in [0.4, 0.5) is 4.79 Å². The van der Waals surface area contributed by atoms with Gasteiger partial charge in [0, 0.05) is 12.5 Å². The van der Waals surface area contributed by atoms with Crippen molar-refractivity contribution < 1.29 is 24.5 Å². The van der Waals surface area contributed by atoms with Gasteiger partial charge >= 0.3 is 12.1 Å². The van der Waals surface area contributed by atoms with E-state index in [-0.39, 0.29) is 31.2 Å². The van der Waals surface area contributed by atoms with Crippen molar-refractivity contribution in [3.05, 3.63) is 89.5 Å². The normalized spacial score (nSPS) is 13.2. The Bertz CT molecular complexity index is 1060. The number of phenolic OH excluding ortho intramolecular Hbond substituents is 1. The molecule has 0 fully saturated rings. The minimum absolute atomic E-state index is 0.0549. The molecule has 0 radical (unpaired) electrons. The maximum atomic E-state index is 12.3. The first-order valence-electron chi connectivity index (χ1n) is 10.1. The number of ether oxygens (including phenoxy) is 1. The third-order valence-electron chi connectivity index (χ3n) is 5.58. The van der Waals surface area contributed by atoms with E-state index in [0.717, 1.165) is 22.3 Å². The standard InChI is InChI=1S/C25H23NO5/c27-18-7-5-6-16(13-18)12-17(24(28)29)14-26-25(30)31-15-23-21-10-3-1-8-19(21)20-9-2-4-11-22(20)23/h1-11,13,17,23,27H,12,14-15H2,(H,26,30)(H,28,29). The number of nitrogens with one attached hydrogen (secondary N) is 1. The lowest BCUT2D eigenvalue weighted by atomic mass is 9.98. The predicted molar refractivity (Wildman–Crippen MR) is 116 cm³/mol.